The first kappa shape index (κ1) is 16.5. The van der Waals surface area contributed by atoms with Crippen molar-refractivity contribution in [3.05, 3.63) is 40.9 Å². The molecule has 6 heteroatoms. The Hall–Kier alpha value is -1.92. The van der Waals surface area contributed by atoms with E-state index in [-0.39, 0.29) is 12.6 Å². The highest BCUT2D eigenvalue weighted by atomic mass is 32.1. The van der Waals surface area contributed by atoms with E-state index >= 15 is 0 Å². The standard InChI is InChI=1S/C16H21N3O2S/c1-3-19(9-10-20)16(21)17-11-14-12(2)18-15(22-14)13-7-5-4-6-8-13/h4-8,20H,3,9-11H2,1-2H3,(H,17,21). The summed E-state index contributed by atoms with van der Waals surface area (Å²) < 4.78 is 0. The smallest absolute Gasteiger partial charge is 0.317 e. The van der Waals surface area contributed by atoms with Crippen LogP contribution in [0.3, 0.4) is 0 Å². The Bertz CT molecular complexity index is 613. The van der Waals surface area contributed by atoms with Crippen LogP contribution in [0, 0.1) is 6.92 Å². The molecule has 1 aromatic carbocycles. The Kier molecular flexibility index (Phi) is 5.91. The van der Waals surface area contributed by atoms with Crippen molar-refractivity contribution < 1.29 is 9.90 Å². The normalized spacial score (nSPS) is 10.5. The lowest BCUT2D eigenvalue weighted by Crippen LogP contribution is -2.40. The number of thiazole rings is 1. The van der Waals surface area contributed by atoms with Crippen LogP contribution < -0.4 is 5.32 Å². The van der Waals surface area contributed by atoms with E-state index in [1.165, 1.54) is 0 Å². The maximum atomic E-state index is 12.0. The number of carbonyl (C=O) groups is 1. The van der Waals surface area contributed by atoms with Crippen molar-refractivity contribution in [3.63, 3.8) is 0 Å². The van der Waals surface area contributed by atoms with Crippen LogP contribution >= 0.6 is 11.3 Å². The first-order valence-corrected chi connectivity index (χ1v) is 8.12. The lowest BCUT2D eigenvalue weighted by atomic mass is 10.2. The number of aliphatic hydroxyl groups excluding tert-OH is 1. The van der Waals surface area contributed by atoms with Crippen molar-refractivity contribution in [2.75, 3.05) is 19.7 Å². The van der Waals surface area contributed by atoms with Crippen LogP contribution in [0.2, 0.25) is 0 Å². The summed E-state index contributed by atoms with van der Waals surface area (Å²) in [5, 5.41) is 12.8. The largest absolute Gasteiger partial charge is 0.395 e. The highest BCUT2D eigenvalue weighted by Gasteiger charge is 2.13. The Labute approximate surface area is 134 Å². The van der Waals surface area contributed by atoms with E-state index in [0.717, 1.165) is 21.1 Å². The zero-order valence-electron chi connectivity index (χ0n) is 12.9. The molecule has 0 saturated carbocycles. The first-order chi connectivity index (χ1) is 10.7. The van der Waals surface area contributed by atoms with Gasteiger partial charge in [-0.05, 0) is 13.8 Å². The molecule has 22 heavy (non-hydrogen) atoms. The quantitative estimate of drug-likeness (QED) is 0.860. The molecule has 2 aromatic rings. The Balaban J connectivity index is 2.02. The summed E-state index contributed by atoms with van der Waals surface area (Å²) in [6.45, 7) is 5.19. The summed E-state index contributed by atoms with van der Waals surface area (Å²) in [7, 11) is 0. The second-order valence-corrected chi connectivity index (χ2v) is 5.94. The van der Waals surface area contributed by atoms with Gasteiger partial charge >= 0.3 is 6.03 Å². The molecule has 0 radical (unpaired) electrons. The number of likely N-dealkylation sites (N-methyl/N-ethyl adjacent to an activating group) is 1. The molecule has 1 aromatic heterocycles. The molecule has 0 unspecified atom stereocenters. The van der Waals surface area contributed by atoms with E-state index in [1.807, 2.05) is 44.2 Å². The minimum Gasteiger partial charge on any atom is -0.395 e. The third-order valence-corrected chi connectivity index (χ3v) is 4.56. The fourth-order valence-electron chi connectivity index (χ4n) is 2.09. The zero-order valence-corrected chi connectivity index (χ0v) is 13.7. The van der Waals surface area contributed by atoms with Gasteiger partial charge in [-0.3, -0.25) is 0 Å². The van der Waals surface area contributed by atoms with Crippen LogP contribution in [0.25, 0.3) is 10.6 Å². The number of aryl methyl sites for hydroxylation is 1. The molecule has 0 atom stereocenters. The van der Waals surface area contributed by atoms with Crippen LogP contribution in [-0.2, 0) is 6.54 Å². The molecule has 2 N–H and O–H groups in total. The molecule has 0 fully saturated rings. The lowest BCUT2D eigenvalue weighted by Gasteiger charge is -2.19. The van der Waals surface area contributed by atoms with Gasteiger partial charge in [-0.15, -0.1) is 11.3 Å². The van der Waals surface area contributed by atoms with E-state index < -0.39 is 0 Å². The topological polar surface area (TPSA) is 65.5 Å². The minimum atomic E-state index is -0.161. The van der Waals surface area contributed by atoms with Gasteiger partial charge in [-0.25, -0.2) is 9.78 Å². The van der Waals surface area contributed by atoms with E-state index in [9.17, 15) is 4.79 Å². The Morgan fingerprint density at radius 2 is 2.09 bits per heavy atom. The molecule has 0 bridgehead atoms. The molecule has 0 aliphatic carbocycles. The summed E-state index contributed by atoms with van der Waals surface area (Å²) >= 11 is 1.59. The van der Waals surface area contributed by atoms with Gasteiger partial charge in [0, 0.05) is 23.5 Å². The summed E-state index contributed by atoms with van der Waals surface area (Å²) in [5.41, 5.74) is 2.03. The third kappa shape index (κ3) is 4.05. The highest BCUT2D eigenvalue weighted by Crippen LogP contribution is 2.27. The molecule has 2 rings (SSSR count). The second-order valence-electron chi connectivity index (χ2n) is 4.86. The third-order valence-electron chi connectivity index (χ3n) is 3.35. The molecule has 2 amide bonds. The highest BCUT2D eigenvalue weighted by molar-refractivity contribution is 7.15. The van der Waals surface area contributed by atoms with Crippen molar-refractivity contribution >= 4 is 17.4 Å². The van der Waals surface area contributed by atoms with E-state index in [0.29, 0.717) is 19.6 Å². The number of carbonyl (C=O) groups excluding carboxylic acids is 1. The maximum absolute atomic E-state index is 12.0. The predicted octanol–water partition coefficient (Wildman–Crippen LogP) is 2.64. The molecule has 0 aliphatic rings. The summed E-state index contributed by atoms with van der Waals surface area (Å²) in [5.74, 6) is 0. The van der Waals surface area contributed by atoms with Crippen molar-refractivity contribution in [2.24, 2.45) is 0 Å². The number of aromatic nitrogens is 1. The van der Waals surface area contributed by atoms with Crippen molar-refractivity contribution in [2.45, 2.75) is 20.4 Å². The number of nitrogens with zero attached hydrogens (tertiary/aromatic N) is 2. The maximum Gasteiger partial charge on any atom is 0.317 e. The molecule has 1 heterocycles. The summed E-state index contributed by atoms with van der Waals surface area (Å²) in [6, 6.07) is 9.85. The molecule has 118 valence electrons. The number of hydrogen-bond donors (Lipinski definition) is 2. The van der Waals surface area contributed by atoms with E-state index in [1.54, 1.807) is 16.2 Å². The van der Waals surface area contributed by atoms with Crippen LogP contribution in [0.5, 0.6) is 0 Å². The average Bonchev–Trinajstić information content (AvgIpc) is 2.92. The van der Waals surface area contributed by atoms with Gasteiger partial charge in [0.2, 0.25) is 0 Å². The number of amides is 2. The number of hydrogen-bond acceptors (Lipinski definition) is 4. The van der Waals surface area contributed by atoms with Crippen LogP contribution in [0.1, 0.15) is 17.5 Å². The van der Waals surface area contributed by atoms with Gasteiger partial charge in [0.05, 0.1) is 18.8 Å². The van der Waals surface area contributed by atoms with Crippen LogP contribution in [0.4, 0.5) is 4.79 Å². The molecule has 0 spiro atoms. The molecular weight excluding hydrogens is 298 g/mol. The van der Waals surface area contributed by atoms with Crippen LogP contribution in [0.15, 0.2) is 30.3 Å². The number of urea groups is 1. The molecule has 0 aliphatic heterocycles. The van der Waals surface area contributed by atoms with Crippen LogP contribution in [-0.4, -0.2) is 40.7 Å². The number of benzene rings is 1. The molecule has 5 nitrogen and oxygen atoms in total. The SMILES string of the molecule is CCN(CCO)C(=O)NCc1sc(-c2ccccc2)nc1C. The van der Waals surface area contributed by atoms with Gasteiger partial charge in [-0.1, -0.05) is 30.3 Å². The van der Waals surface area contributed by atoms with Crippen molar-refractivity contribution in [1.29, 1.82) is 0 Å². The van der Waals surface area contributed by atoms with Gasteiger partial charge in [0.25, 0.3) is 0 Å². The lowest BCUT2D eigenvalue weighted by molar-refractivity contribution is 0.180. The molecular formula is C16H21N3O2S. The van der Waals surface area contributed by atoms with E-state index in [2.05, 4.69) is 10.3 Å². The monoisotopic (exact) mass is 319 g/mol. The molecule has 0 saturated heterocycles. The van der Waals surface area contributed by atoms with Gasteiger partial charge in [0.15, 0.2) is 0 Å². The van der Waals surface area contributed by atoms with E-state index in [4.69, 9.17) is 5.11 Å². The summed E-state index contributed by atoms with van der Waals surface area (Å²) in [6.07, 6.45) is 0. The first-order valence-electron chi connectivity index (χ1n) is 7.31. The minimum absolute atomic E-state index is 0.0288. The zero-order chi connectivity index (χ0) is 15.9. The fraction of sp³-hybridized carbons (Fsp3) is 0.375. The van der Waals surface area contributed by atoms with Crippen molar-refractivity contribution in [3.8, 4) is 10.6 Å². The second kappa shape index (κ2) is 7.91. The number of rotatable bonds is 6. The number of nitrogens with one attached hydrogen (secondary N) is 1. The van der Waals surface area contributed by atoms with Gasteiger partial charge in [-0.2, -0.15) is 0 Å². The van der Waals surface area contributed by atoms with Crippen molar-refractivity contribution in [1.82, 2.24) is 15.2 Å². The van der Waals surface area contributed by atoms with Gasteiger partial charge < -0.3 is 15.3 Å². The van der Waals surface area contributed by atoms with Gasteiger partial charge in [0.1, 0.15) is 5.01 Å². The predicted molar refractivity (Wildman–Crippen MR) is 88.9 cm³/mol. The average molecular weight is 319 g/mol. The fourth-order valence-corrected chi connectivity index (χ4v) is 3.10. The Morgan fingerprint density at radius 3 is 2.73 bits per heavy atom. The number of aliphatic hydroxyl groups is 1. The summed E-state index contributed by atoms with van der Waals surface area (Å²) in [4.78, 5) is 19.2. The Morgan fingerprint density at radius 1 is 1.36 bits per heavy atom.